The molecule has 0 atom stereocenters. The summed E-state index contributed by atoms with van der Waals surface area (Å²) in [6, 6.07) is 9.88. The van der Waals surface area contributed by atoms with Gasteiger partial charge in [-0.05, 0) is 36.8 Å². The second-order valence-corrected chi connectivity index (χ2v) is 4.55. The zero-order valence-electron chi connectivity index (χ0n) is 10.4. The van der Waals surface area contributed by atoms with Crippen LogP contribution in [0, 0.1) is 6.92 Å². The lowest BCUT2D eigenvalue weighted by Gasteiger charge is -2.08. The van der Waals surface area contributed by atoms with Crippen molar-refractivity contribution in [3.63, 3.8) is 0 Å². The predicted octanol–water partition coefficient (Wildman–Crippen LogP) is 2.93. The number of pyridine rings is 1. The number of hydrogen-bond acceptors (Lipinski definition) is 3. The highest BCUT2D eigenvalue weighted by molar-refractivity contribution is 6.29. The van der Waals surface area contributed by atoms with Crippen LogP contribution in [0.25, 0.3) is 0 Å². The third-order valence-corrected chi connectivity index (χ3v) is 2.84. The molecule has 2 N–H and O–H groups in total. The Balaban J connectivity index is 2.03. The van der Waals surface area contributed by atoms with Crippen LogP contribution >= 0.6 is 11.6 Å². The first kappa shape index (κ1) is 13.4. The molecule has 0 bridgehead atoms. The van der Waals surface area contributed by atoms with Crippen molar-refractivity contribution in [2.75, 3.05) is 5.32 Å². The van der Waals surface area contributed by atoms with Crippen molar-refractivity contribution in [2.45, 2.75) is 13.3 Å². The second kappa shape index (κ2) is 5.71. The Kier molecular flexibility index (Phi) is 4.02. The number of carbonyl (C=O) groups is 1. The van der Waals surface area contributed by atoms with Crippen molar-refractivity contribution >= 4 is 23.2 Å². The van der Waals surface area contributed by atoms with E-state index in [1.165, 1.54) is 0 Å². The summed E-state index contributed by atoms with van der Waals surface area (Å²) in [7, 11) is 0. The molecule has 98 valence electrons. The van der Waals surface area contributed by atoms with E-state index in [0.717, 1.165) is 5.56 Å². The number of aromatic nitrogens is 1. The zero-order chi connectivity index (χ0) is 13.8. The molecule has 0 saturated heterocycles. The first-order valence-electron chi connectivity index (χ1n) is 5.75. The molecule has 0 saturated carbocycles. The number of phenolic OH excluding ortho intramolecular Hbond substituents is 1. The molecule has 2 aromatic rings. The van der Waals surface area contributed by atoms with Crippen molar-refractivity contribution in [1.82, 2.24) is 4.98 Å². The van der Waals surface area contributed by atoms with Crippen LogP contribution in [-0.2, 0) is 11.2 Å². The van der Waals surface area contributed by atoms with Crippen LogP contribution < -0.4 is 5.32 Å². The van der Waals surface area contributed by atoms with Gasteiger partial charge in [0.15, 0.2) is 0 Å². The van der Waals surface area contributed by atoms with E-state index in [-0.39, 0.29) is 18.1 Å². The topological polar surface area (TPSA) is 62.2 Å². The van der Waals surface area contributed by atoms with E-state index in [1.54, 1.807) is 43.3 Å². The van der Waals surface area contributed by atoms with Gasteiger partial charge in [0.25, 0.3) is 0 Å². The van der Waals surface area contributed by atoms with Gasteiger partial charge < -0.3 is 10.4 Å². The molecule has 0 unspecified atom stereocenters. The third-order valence-electron chi connectivity index (χ3n) is 2.63. The average molecular weight is 277 g/mol. The van der Waals surface area contributed by atoms with Crippen molar-refractivity contribution in [3.05, 3.63) is 52.8 Å². The summed E-state index contributed by atoms with van der Waals surface area (Å²) in [5, 5.41) is 12.3. The number of carbonyl (C=O) groups excluding carboxylic acids is 1. The van der Waals surface area contributed by atoms with Gasteiger partial charge in [-0.1, -0.05) is 23.7 Å². The number of aryl methyl sites for hydroxylation is 1. The number of rotatable bonds is 3. The Morgan fingerprint density at radius 2 is 1.95 bits per heavy atom. The van der Waals surface area contributed by atoms with Crippen LogP contribution in [0.1, 0.15) is 11.3 Å². The summed E-state index contributed by atoms with van der Waals surface area (Å²) >= 11 is 5.75. The maximum atomic E-state index is 11.9. The van der Waals surface area contributed by atoms with Crippen molar-refractivity contribution in [1.29, 1.82) is 0 Å². The highest BCUT2D eigenvalue weighted by Gasteiger charge is 2.07. The largest absolute Gasteiger partial charge is 0.508 e. The zero-order valence-corrected chi connectivity index (χ0v) is 11.1. The van der Waals surface area contributed by atoms with Crippen molar-refractivity contribution < 1.29 is 9.90 Å². The SMILES string of the molecule is Cc1nc(Cl)ccc1NC(=O)Cc1ccc(O)cc1. The average Bonchev–Trinajstić information content (AvgIpc) is 2.36. The number of hydrogen-bond donors (Lipinski definition) is 2. The summed E-state index contributed by atoms with van der Waals surface area (Å²) in [5.41, 5.74) is 2.15. The molecule has 0 aliphatic heterocycles. The van der Waals surface area contributed by atoms with Crippen LogP contribution in [0.5, 0.6) is 5.75 Å². The molecular weight excluding hydrogens is 264 g/mol. The molecule has 0 aliphatic carbocycles. The fraction of sp³-hybridized carbons (Fsp3) is 0.143. The molecule has 1 amide bonds. The van der Waals surface area contributed by atoms with Crippen LogP contribution in [-0.4, -0.2) is 16.0 Å². The highest BCUT2D eigenvalue weighted by atomic mass is 35.5. The molecular formula is C14H13ClN2O2. The van der Waals surface area contributed by atoms with Gasteiger partial charge in [-0.2, -0.15) is 0 Å². The third kappa shape index (κ3) is 3.69. The van der Waals surface area contributed by atoms with Gasteiger partial charge in [-0.15, -0.1) is 0 Å². The van der Waals surface area contributed by atoms with Gasteiger partial charge >= 0.3 is 0 Å². The molecule has 0 fully saturated rings. The number of phenols is 1. The van der Waals surface area contributed by atoms with Gasteiger partial charge in [-0.25, -0.2) is 4.98 Å². The summed E-state index contributed by atoms with van der Waals surface area (Å²) in [6.07, 6.45) is 0.238. The minimum absolute atomic E-state index is 0.141. The van der Waals surface area contributed by atoms with E-state index in [9.17, 15) is 4.79 Å². The Morgan fingerprint density at radius 3 is 2.58 bits per heavy atom. The number of benzene rings is 1. The minimum Gasteiger partial charge on any atom is -0.508 e. The van der Waals surface area contributed by atoms with Crippen LogP contribution in [0.15, 0.2) is 36.4 Å². The van der Waals surface area contributed by atoms with E-state index in [2.05, 4.69) is 10.3 Å². The highest BCUT2D eigenvalue weighted by Crippen LogP contribution is 2.16. The van der Waals surface area contributed by atoms with Gasteiger partial charge in [0.2, 0.25) is 5.91 Å². The Bertz CT molecular complexity index is 597. The maximum Gasteiger partial charge on any atom is 0.228 e. The number of nitrogens with zero attached hydrogens (tertiary/aromatic N) is 1. The molecule has 0 aliphatic rings. The summed E-state index contributed by atoms with van der Waals surface area (Å²) in [5.74, 6) is 0.0415. The lowest BCUT2D eigenvalue weighted by molar-refractivity contribution is -0.115. The van der Waals surface area contributed by atoms with Gasteiger partial charge in [0.1, 0.15) is 10.9 Å². The monoisotopic (exact) mass is 276 g/mol. The molecule has 0 spiro atoms. The molecule has 1 aromatic carbocycles. The standard InChI is InChI=1S/C14H13ClN2O2/c1-9-12(6-7-13(15)16-9)17-14(19)8-10-2-4-11(18)5-3-10/h2-7,18H,8H2,1H3,(H,17,19). The number of halogens is 1. The van der Waals surface area contributed by atoms with E-state index < -0.39 is 0 Å². The minimum atomic E-state index is -0.141. The van der Waals surface area contributed by atoms with E-state index in [4.69, 9.17) is 16.7 Å². The first-order chi connectivity index (χ1) is 9.04. The Labute approximate surface area is 116 Å². The quantitative estimate of drug-likeness (QED) is 0.847. The smallest absolute Gasteiger partial charge is 0.228 e. The van der Waals surface area contributed by atoms with Crippen LogP contribution in [0.3, 0.4) is 0 Å². The molecule has 5 heteroatoms. The Hall–Kier alpha value is -2.07. The van der Waals surface area contributed by atoms with Crippen LogP contribution in [0.2, 0.25) is 5.15 Å². The van der Waals surface area contributed by atoms with E-state index in [0.29, 0.717) is 16.5 Å². The van der Waals surface area contributed by atoms with Crippen molar-refractivity contribution in [3.8, 4) is 5.75 Å². The summed E-state index contributed by atoms with van der Waals surface area (Å²) in [4.78, 5) is 15.9. The second-order valence-electron chi connectivity index (χ2n) is 4.16. The number of amides is 1. The lowest BCUT2D eigenvalue weighted by Crippen LogP contribution is -2.15. The fourth-order valence-corrected chi connectivity index (χ4v) is 1.85. The number of nitrogens with one attached hydrogen (secondary N) is 1. The summed E-state index contributed by atoms with van der Waals surface area (Å²) in [6.45, 7) is 1.78. The van der Waals surface area contributed by atoms with E-state index >= 15 is 0 Å². The first-order valence-corrected chi connectivity index (χ1v) is 6.13. The van der Waals surface area contributed by atoms with Crippen molar-refractivity contribution in [2.24, 2.45) is 0 Å². The maximum absolute atomic E-state index is 11.9. The molecule has 0 radical (unpaired) electrons. The molecule has 1 heterocycles. The van der Waals surface area contributed by atoms with Gasteiger partial charge in [0.05, 0.1) is 17.8 Å². The predicted molar refractivity (Wildman–Crippen MR) is 74.4 cm³/mol. The van der Waals surface area contributed by atoms with E-state index in [1.807, 2.05) is 0 Å². The molecule has 19 heavy (non-hydrogen) atoms. The number of aromatic hydroxyl groups is 1. The normalized spacial score (nSPS) is 10.2. The molecule has 1 aromatic heterocycles. The fourth-order valence-electron chi connectivity index (χ4n) is 1.66. The van der Waals surface area contributed by atoms with Gasteiger partial charge in [-0.3, -0.25) is 4.79 Å². The molecule has 4 nitrogen and oxygen atoms in total. The van der Waals surface area contributed by atoms with Crippen LogP contribution in [0.4, 0.5) is 5.69 Å². The molecule has 2 rings (SSSR count). The lowest BCUT2D eigenvalue weighted by atomic mass is 10.1. The Morgan fingerprint density at radius 1 is 1.26 bits per heavy atom. The summed E-state index contributed by atoms with van der Waals surface area (Å²) < 4.78 is 0. The number of anilines is 1. The van der Waals surface area contributed by atoms with Gasteiger partial charge in [0, 0.05) is 0 Å².